The average Bonchev–Trinajstić information content (AvgIpc) is 3.11. The third kappa shape index (κ3) is 3.76. The van der Waals surface area contributed by atoms with Gasteiger partial charge in [-0.3, -0.25) is 0 Å². The van der Waals surface area contributed by atoms with E-state index in [1.165, 1.54) is 0 Å². The zero-order valence-electron chi connectivity index (χ0n) is 13.0. The van der Waals surface area contributed by atoms with Gasteiger partial charge in [-0.1, -0.05) is 30.3 Å². The number of hydrogen-bond donors (Lipinski definition) is 0. The van der Waals surface area contributed by atoms with Gasteiger partial charge in [0.05, 0.1) is 19.0 Å². The van der Waals surface area contributed by atoms with Crippen LogP contribution in [0.1, 0.15) is 5.56 Å². The van der Waals surface area contributed by atoms with Crippen molar-refractivity contribution in [3.05, 3.63) is 65.5 Å². The molecule has 0 aliphatic rings. The molecule has 0 N–H and O–H groups in total. The van der Waals surface area contributed by atoms with Crippen molar-refractivity contribution < 1.29 is 4.74 Å². The molecule has 0 bridgehead atoms. The fourth-order valence-corrected chi connectivity index (χ4v) is 2.80. The second-order valence-electron chi connectivity index (χ2n) is 4.92. The first-order valence-corrected chi connectivity index (χ1v) is 8.07. The van der Waals surface area contributed by atoms with E-state index in [0.717, 1.165) is 27.7 Å². The Bertz CT molecular complexity index is 782. The number of thiazole rings is 1. The molecule has 0 spiro atoms. The number of aromatic nitrogens is 1. The van der Waals surface area contributed by atoms with Gasteiger partial charge >= 0.3 is 0 Å². The molecule has 3 aromatic rings. The van der Waals surface area contributed by atoms with Gasteiger partial charge in [-0.15, -0.1) is 11.3 Å². The van der Waals surface area contributed by atoms with Gasteiger partial charge in [0.15, 0.2) is 0 Å². The van der Waals surface area contributed by atoms with Crippen LogP contribution in [-0.4, -0.2) is 25.4 Å². The average molecular weight is 323 g/mol. The molecule has 116 valence electrons. The quantitative estimate of drug-likeness (QED) is 0.519. The van der Waals surface area contributed by atoms with E-state index in [0.29, 0.717) is 0 Å². The number of hydrogen-bond acceptors (Lipinski definition) is 5. The first-order valence-electron chi connectivity index (χ1n) is 7.19. The van der Waals surface area contributed by atoms with Crippen molar-refractivity contribution in [1.29, 1.82) is 0 Å². The molecule has 1 aromatic heterocycles. The molecule has 0 aliphatic heterocycles. The van der Waals surface area contributed by atoms with Crippen molar-refractivity contribution in [2.75, 3.05) is 19.2 Å². The molecular formula is C18H17N3OS. The summed E-state index contributed by atoms with van der Waals surface area (Å²) in [6.45, 7) is 0. The van der Waals surface area contributed by atoms with Gasteiger partial charge in [0.25, 0.3) is 0 Å². The molecule has 0 amide bonds. The maximum Gasteiger partial charge on any atom is 0.206 e. The minimum absolute atomic E-state index is 0.836. The molecule has 4 nitrogen and oxygen atoms in total. The van der Waals surface area contributed by atoms with Crippen molar-refractivity contribution in [3.63, 3.8) is 0 Å². The maximum absolute atomic E-state index is 5.15. The topological polar surface area (TPSA) is 37.7 Å². The Kier molecular flexibility index (Phi) is 4.68. The summed E-state index contributed by atoms with van der Waals surface area (Å²) >= 11 is 1.57. The van der Waals surface area contributed by atoms with Crippen LogP contribution in [0.15, 0.2) is 65.1 Å². The van der Waals surface area contributed by atoms with E-state index >= 15 is 0 Å². The highest BCUT2D eigenvalue weighted by atomic mass is 32.1. The minimum Gasteiger partial charge on any atom is -0.497 e. The predicted molar refractivity (Wildman–Crippen MR) is 96.5 cm³/mol. The largest absolute Gasteiger partial charge is 0.497 e. The fraction of sp³-hybridized carbons (Fsp3) is 0.111. The van der Waals surface area contributed by atoms with Gasteiger partial charge in [-0.05, 0) is 29.8 Å². The molecule has 23 heavy (non-hydrogen) atoms. The van der Waals surface area contributed by atoms with Crippen LogP contribution in [0, 0.1) is 0 Å². The Labute approximate surface area is 139 Å². The van der Waals surface area contributed by atoms with Crippen LogP contribution in [0.25, 0.3) is 11.3 Å². The van der Waals surface area contributed by atoms with Gasteiger partial charge in [0.1, 0.15) is 5.75 Å². The summed E-state index contributed by atoms with van der Waals surface area (Å²) in [4.78, 5) is 4.63. The van der Waals surface area contributed by atoms with Crippen LogP contribution in [-0.2, 0) is 0 Å². The third-order valence-electron chi connectivity index (χ3n) is 3.33. The van der Waals surface area contributed by atoms with Crippen molar-refractivity contribution >= 4 is 22.7 Å². The van der Waals surface area contributed by atoms with Gasteiger partial charge < -0.3 is 4.74 Å². The standard InChI is InChI=1S/C18H17N3OS/c1-21(19-12-14-8-10-16(22-2)11-9-14)18-20-17(13-23-18)15-6-4-3-5-7-15/h3-13H,1-2H3. The molecule has 0 aliphatic carbocycles. The van der Waals surface area contributed by atoms with Crippen LogP contribution in [0.2, 0.25) is 0 Å². The predicted octanol–water partition coefficient (Wildman–Crippen LogP) is 4.29. The van der Waals surface area contributed by atoms with Crippen molar-refractivity contribution in [1.82, 2.24) is 4.98 Å². The van der Waals surface area contributed by atoms with E-state index in [9.17, 15) is 0 Å². The van der Waals surface area contributed by atoms with Gasteiger partial charge in [0.2, 0.25) is 5.13 Å². The smallest absolute Gasteiger partial charge is 0.206 e. The zero-order valence-corrected chi connectivity index (χ0v) is 13.8. The number of nitrogens with zero attached hydrogens (tertiary/aromatic N) is 3. The lowest BCUT2D eigenvalue weighted by Gasteiger charge is -2.08. The lowest BCUT2D eigenvalue weighted by molar-refractivity contribution is 0.415. The van der Waals surface area contributed by atoms with E-state index in [4.69, 9.17) is 4.74 Å². The summed E-state index contributed by atoms with van der Waals surface area (Å²) in [6, 6.07) is 17.9. The van der Waals surface area contributed by atoms with E-state index in [1.54, 1.807) is 23.5 Å². The van der Waals surface area contributed by atoms with Gasteiger partial charge in [-0.25, -0.2) is 9.99 Å². The highest BCUT2D eigenvalue weighted by molar-refractivity contribution is 7.14. The number of rotatable bonds is 5. The Morgan fingerprint density at radius 2 is 1.83 bits per heavy atom. The summed E-state index contributed by atoms with van der Waals surface area (Å²) < 4.78 is 5.15. The number of ether oxygens (including phenoxy) is 1. The third-order valence-corrected chi connectivity index (χ3v) is 4.24. The van der Waals surface area contributed by atoms with Crippen LogP contribution in [0.5, 0.6) is 5.75 Å². The maximum atomic E-state index is 5.15. The number of hydrazone groups is 1. The van der Waals surface area contributed by atoms with Crippen molar-refractivity contribution in [2.24, 2.45) is 5.10 Å². The molecule has 0 fully saturated rings. The molecule has 3 rings (SSSR count). The highest BCUT2D eigenvalue weighted by Crippen LogP contribution is 2.26. The van der Waals surface area contributed by atoms with Gasteiger partial charge in [0, 0.05) is 18.0 Å². The van der Waals surface area contributed by atoms with Gasteiger partial charge in [-0.2, -0.15) is 5.10 Å². The Hall–Kier alpha value is -2.66. The molecule has 5 heteroatoms. The molecule has 0 saturated carbocycles. The summed E-state index contributed by atoms with van der Waals surface area (Å²) in [5.41, 5.74) is 3.09. The first-order chi connectivity index (χ1) is 11.3. The molecular weight excluding hydrogens is 306 g/mol. The molecule has 0 radical (unpaired) electrons. The Morgan fingerprint density at radius 1 is 1.09 bits per heavy atom. The summed E-state index contributed by atoms with van der Waals surface area (Å²) in [5.74, 6) is 0.836. The van der Waals surface area contributed by atoms with Crippen LogP contribution >= 0.6 is 11.3 Å². The zero-order chi connectivity index (χ0) is 16.1. The number of methoxy groups -OCH3 is 1. The molecule has 0 saturated heterocycles. The van der Waals surface area contributed by atoms with E-state index in [1.807, 2.05) is 61.1 Å². The van der Waals surface area contributed by atoms with Crippen LogP contribution in [0.4, 0.5) is 5.13 Å². The van der Waals surface area contributed by atoms with Crippen molar-refractivity contribution in [2.45, 2.75) is 0 Å². The lowest BCUT2D eigenvalue weighted by Crippen LogP contribution is -2.08. The lowest BCUT2D eigenvalue weighted by atomic mass is 10.2. The van der Waals surface area contributed by atoms with Crippen molar-refractivity contribution in [3.8, 4) is 17.0 Å². The Morgan fingerprint density at radius 3 is 2.52 bits per heavy atom. The van der Waals surface area contributed by atoms with E-state index in [2.05, 4.69) is 22.2 Å². The summed E-state index contributed by atoms with van der Waals surface area (Å²) in [7, 11) is 3.55. The van der Waals surface area contributed by atoms with E-state index < -0.39 is 0 Å². The molecule has 1 heterocycles. The molecule has 0 unspecified atom stereocenters. The highest BCUT2D eigenvalue weighted by Gasteiger charge is 2.07. The molecule has 0 atom stereocenters. The Balaban J connectivity index is 1.71. The van der Waals surface area contributed by atoms with Crippen LogP contribution in [0.3, 0.4) is 0 Å². The fourth-order valence-electron chi connectivity index (χ4n) is 2.05. The normalized spacial score (nSPS) is 10.9. The SMILES string of the molecule is COc1ccc(C=NN(C)c2nc(-c3ccccc3)cs2)cc1. The summed E-state index contributed by atoms with van der Waals surface area (Å²) in [6.07, 6.45) is 1.81. The minimum atomic E-state index is 0.836. The first kappa shape index (κ1) is 15.2. The second-order valence-corrected chi connectivity index (χ2v) is 5.76. The van der Waals surface area contributed by atoms with E-state index in [-0.39, 0.29) is 0 Å². The monoisotopic (exact) mass is 323 g/mol. The van der Waals surface area contributed by atoms with Crippen LogP contribution < -0.4 is 9.75 Å². The molecule has 2 aromatic carbocycles. The number of anilines is 1. The summed E-state index contributed by atoms with van der Waals surface area (Å²) in [5, 5.41) is 9.12. The second kappa shape index (κ2) is 7.07. The number of benzene rings is 2.